The van der Waals surface area contributed by atoms with Crippen LogP contribution in [0.2, 0.25) is 0 Å². The van der Waals surface area contributed by atoms with Gasteiger partial charge in [-0.25, -0.2) is 4.98 Å². The van der Waals surface area contributed by atoms with Crippen LogP contribution in [0.5, 0.6) is 0 Å². The van der Waals surface area contributed by atoms with Crippen LogP contribution in [0, 0.1) is 16.7 Å². The van der Waals surface area contributed by atoms with Crippen molar-refractivity contribution < 1.29 is 4.79 Å². The van der Waals surface area contributed by atoms with Crippen molar-refractivity contribution in [1.29, 1.82) is 5.26 Å². The molecule has 1 aromatic heterocycles. The van der Waals surface area contributed by atoms with Crippen molar-refractivity contribution in [2.45, 2.75) is 12.8 Å². The largest absolute Gasteiger partial charge is 0.397 e. The summed E-state index contributed by atoms with van der Waals surface area (Å²) in [6.07, 6.45) is 6.96. The number of likely N-dealkylation sites (tertiary alicyclic amines) is 1. The molecule has 3 heterocycles. The Bertz CT molecular complexity index is 851. The molecule has 1 aliphatic carbocycles. The van der Waals surface area contributed by atoms with E-state index in [1.165, 1.54) is 11.8 Å². The van der Waals surface area contributed by atoms with Crippen molar-refractivity contribution in [2.75, 3.05) is 19.6 Å². The molecule has 1 spiro atoms. The lowest BCUT2D eigenvalue weighted by Crippen LogP contribution is -2.43. The highest BCUT2D eigenvalue weighted by Gasteiger charge is 2.43. The van der Waals surface area contributed by atoms with E-state index in [2.05, 4.69) is 21.4 Å². The molecule has 2 aliphatic heterocycles. The minimum Gasteiger partial charge on any atom is -0.397 e. The number of nitriles is 1. The fraction of sp³-hybridized carbons (Fsp3) is 0.333. The summed E-state index contributed by atoms with van der Waals surface area (Å²) >= 11 is 0. The third-order valence-corrected chi connectivity index (χ3v) is 5.24. The van der Waals surface area contributed by atoms with Gasteiger partial charge in [-0.3, -0.25) is 9.79 Å². The number of carbonyl (C=O) groups is 1. The standard InChI is InChI=1S/C18H18N6O/c19-8-13-2-1-12(9-22-13)17(25)24-5-3-18(4-6-24)7-15(20)16-14(18)10-21-11-23-16/h1-2,7,9,11H,3-6,10,20H2,(H,21,23). The molecule has 3 N–H and O–H groups in total. The van der Waals surface area contributed by atoms with Gasteiger partial charge in [0.05, 0.1) is 29.8 Å². The first kappa shape index (κ1) is 15.4. The van der Waals surface area contributed by atoms with Crippen molar-refractivity contribution in [2.24, 2.45) is 16.1 Å². The third-order valence-electron chi connectivity index (χ3n) is 5.24. The summed E-state index contributed by atoms with van der Waals surface area (Å²) in [5, 5.41) is 12.0. The van der Waals surface area contributed by atoms with Gasteiger partial charge in [0.25, 0.3) is 5.91 Å². The molecule has 1 aromatic rings. The number of rotatable bonds is 1. The second-order valence-electron chi connectivity index (χ2n) is 6.56. The summed E-state index contributed by atoms with van der Waals surface area (Å²) in [7, 11) is 0. The number of allylic oxidation sites excluding steroid dienone is 1. The minimum atomic E-state index is -0.0934. The number of hydrogen-bond donors (Lipinski definition) is 2. The predicted molar refractivity (Wildman–Crippen MR) is 92.3 cm³/mol. The molecule has 0 atom stereocenters. The van der Waals surface area contributed by atoms with Crippen LogP contribution in [0.25, 0.3) is 0 Å². The first-order valence-electron chi connectivity index (χ1n) is 8.25. The topological polar surface area (TPSA) is 107 Å². The molecule has 0 unspecified atom stereocenters. The molecular formula is C18H18N6O. The Kier molecular flexibility index (Phi) is 3.53. The van der Waals surface area contributed by atoms with E-state index in [1.807, 2.05) is 11.0 Å². The number of pyridine rings is 1. The zero-order valence-corrected chi connectivity index (χ0v) is 13.7. The van der Waals surface area contributed by atoms with Crippen molar-refractivity contribution >= 4 is 12.2 Å². The first-order valence-corrected chi connectivity index (χ1v) is 8.25. The fourth-order valence-corrected chi connectivity index (χ4v) is 3.86. The number of carbonyl (C=O) groups excluding carboxylic acids is 1. The van der Waals surface area contributed by atoms with Gasteiger partial charge in [-0.15, -0.1) is 0 Å². The van der Waals surface area contributed by atoms with Crippen molar-refractivity contribution in [3.8, 4) is 6.07 Å². The average Bonchev–Trinajstić information content (AvgIpc) is 2.94. The highest BCUT2D eigenvalue weighted by Crippen LogP contribution is 2.47. The molecular weight excluding hydrogens is 316 g/mol. The number of hydrogen-bond acceptors (Lipinski definition) is 6. The number of aliphatic imine (C=N–C) groups is 1. The molecule has 0 bridgehead atoms. The first-order chi connectivity index (χ1) is 12.1. The number of piperidine rings is 1. The van der Waals surface area contributed by atoms with Crippen LogP contribution in [0.4, 0.5) is 0 Å². The summed E-state index contributed by atoms with van der Waals surface area (Å²) < 4.78 is 0. The van der Waals surface area contributed by atoms with E-state index in [0.717, 1.165) is 24.2 Å². The number of amides is 1. The maximum Gasteiger partial charge on any atom is 0.255 e. The minimum absolute atomic E-state index is 0.0456. The highest BCUT2D eigenvalue weighted by atomic mass is 16.2. The number of fused-ring (bicyclic) bond motifs is 1. The van der Waals surface area contributed by atoms with E-state index in [4.69, 9.17) is 11.0 Å². The van der Waals surface area contributed by atoms with Crippen LogP contribution in [0.1, 0.15) is 28.9 Å². The van der Waals surface area contributed by atoms with Crippen LogP contribution in [-0.2, 0) is 0 Å². The maximum absolute atomic E-state index is 12.7. The average molecular weight is 334 g/mol. The van der Waals surface area contributed by atoms with Crippen LogP contribution >= 0.6 is 0 Å². The Morgan fingerprint density at radius 1 is 1.36 bits per heavy atom. The normalized spacial score (nSPS) is 20.8. The molecule has 7 heteroatoms. The van der Waals surface area contributed by atoms with Gasteiger partial charge in [0, 0.05) is 24.7 Å². The second kappa shape index (κ2) is 5.74. The van der Waals surface area contributed by atoms with Gasteiger partial charge in [0.2, 0.25) is 0 Å². The number of nitrogens with zero attached hydrogens (tertiary/aromatic N) is 4. The molecule has 7 nitrogen and oxygen atoms in total. The van der Waals surface area contributed by atoms with Crippen molar-refractivity contribution in [1.82, 2.24) is 15.2 Å². The predicted octanol–water partition coefficient (Wildman–Crippen LogP) is 0.917. The van der Waals surface area contributed by atoms with Crippen LogP contribution < -0.4 is 11.1 Å². The van der Waals surface area contributed by atoms with Gasteiger partial charge in [-0.1, -0.05) is 0 Å². The number of nitrogens with one attached hydrogen (secondary N) is 1. The highest BCUT2D eigenvalue weighted by molar-refractivity contribution is 5.94. The Morgan fingerprint density at radius 3 is 2.84 bits per heavy atom. The van der Waals surface area contributed by atoms with Gasteiger partial charge in [0.1, 0.15) is 11.8 Å². The van der Waals surface area contributed by atoms with E-state index < -0.39 is 0 Å². The second-order valence-corrected chi connectivity index (χ2v) is 6.56. The summed E-state index contributed by atoms with van der Waals surface area (Å²) in [5.41, 5.74) is 9.91. The Balaban J connectivity index is 1.49. The fourth-order valence-electron chi connectivity index (χ4n) is 3.86. The van der Waals surface area contributed by atoms with E-state index in [9.17, 15) is 4.79 Å². The third kappa shape index (κ3) is 2.47. The molecule has 0 radical (unpaired) electrons. The Labute approximate surface area is 145 Å². The summed E-state index contributed by atoms with van der Waals surface area (Å²) in [5.74, 6) is -0.0456. The van der Waals surface area contributed by atoms with E-state index >= 15 is 0 Å². The maximum atomic E-state index is 12.7. The van der Waals surface area contributed by atoms with Crippen LogP contribution in [0.15, 0.2) is 46.4 Å². The molecule has 126 valence electrons. The van der Waals surface area contributed by atoms with Crippen molar-refractivity contribution in [3.05, 3.63) is 52.6 Å². The smallest absolute Gasteiger partial charge is 0.255 e. The van der Waals surface area contributed by atoms with Gasteiger partial charge in [-0.2, -0.15) is 5.26 Å². The van der Waals surface area contributed by atoms with E-state index in [1.54, 1.807) is 18.5 Å². The van der Waals surface area contributed by atoms with Gasteiger partial charge < -0.3 is 16.0 Å². The van der Waals surface area contributed by atoms with Gasteiger partial charge >= 0.3 is 0 Å². The molecule has 1 saturated heterocycles. The Morgan fingerprint density at radius 2 is 2.16 bits per heavy atom. The molecule has 1 fully saturated rings. The molecule has 25 heavy (non-hydrogen) atoms. The van der Waals surface area contributed by atoms with Gasteiger partial charge in [0.15, 0.2) is 0 Å². The summed E-state index contributed by atoms with van der Waals surface area (Å²) in [6, 6.07) is 5.19. The van der Waals surface area contributed by atoms with E-state index in [-0.39, 0.29) is 11.3 Å². The lowest BCUT2D eigenvalue weighted by molar-refractivity contribution is 0.0667. The number of aromatic nitrogens is 1. The summed E-state index contributed by atoms with van der Waals surface area (Å²) in [6.45, 7) is 1.97. The van der Waals surface area contributed by atoms with Gasteiger partial charge in [-0.05, 0) is 36.6 Å². The Hall–Kier alpha value is -3.14. The molecule has 0 saturated carbocycles. The summed E-state index contributed by atoms with van der Waals surface area (Å²) in [4.78, 5) is 22.8. The zero-order chi connectivity index (χ0) is 17.4. The molecule has 4 rings (SSSR count). The lowest BCUT2D eigenvalue weighted by atomic mass is 9.74. The quantitative estimate of drug-likeness (QED) is 0.794. The molecule has 3 aliphatic rings. The van der Waals surface area contributed by atoms with E-state index in [0.29, 0.717) is 30.9 Å². The molecule has 1 amide bonds. The SMILES string of the molecule is N#Cc1ccc(C(=O)N2CCC3(C=C(N)C4=C3CN=CN4)CC2)cn1. The van der Waals surface area contributed by atoms with Crippen LogP contribution in [-0.4, -0.2) is 41.8 Å². The van der Waals surface area contributed by atoms with Crippen molar-refractivity contribution in [3.63, 3.8) is 0 Å². The lowest BCUT2D eigenvalue weighted by Gasteiger charge is -2.40. The zero-order valence-electron chi connectivity index (χ0n) is 13.7. The molecule has 0 aromatic carbocycles. The van der Waals surface area contributed by atoms with Crippen LogP contribution in [0.3, 0.4) is 0 Å². The number of nitrogens with two attached hydrogens (primary N) is 1. The monoisotopic (exact) mass is 334 g/mol.